The van der Waals surface area contributed by atoms with Crippen molar-refractivity contribution in [2.75, 3.05) is 57.0 Å². The van der Waals surface area contributed by atoms with Gasteiger partial charge < -0.3 is 60.2 Å². The van der Waals surface area contributed by atoms with E-state index in [-0.39, 0.29) is 65.9 Å². The van der Waals surface area contributed by atoms with Crippen molar-refractivity contribution in [1.29, 1.82) is 0 Å². The smallest absolute Gasteiger partial charge is 0.456 e. The van der Waals surface area contributed by atoms with Gasteiger partial charge in [0.1, 0.15) is 42.1 Å². The predicted molar refractivity (Wildman–Crippen MR) is 297 cm³/mol. The number of phosphoric ester groups is 1. The van der Waals surface area contributed by atoms with Crippen molar-refractivity contribution in [3.8, 4) is 11.5 Å². The third-order valence-electron chi connectivity index (χ3n) is 14.8. The van der Waals surface area contributed by atoms with Crippen LogP contribution in [0.2, 0.25) is 0 Å². The summed E-state index contributed by atoms with van der Waals surface area (Å²) in [6.07, 6.45) is 0.0207. The summed E-state index contributed by atoms with van der Waals surface area (Å²) in [6, 6.07) is 16.3. The molecule has 0 bridgehead atoms. The molecule has 1 saturated heterocycles. The summed E-state index contributed by atoms with van der Waals surface area (Å²) >= 11 is 0. The van der Waals surface area contributed by atoms with E-state index in [9.17, 15) is 33.5 Å². The quantitative estimate of drug-likeness (QED) is 0.0347. The highest BCUT2D eigenvalue weighted by atomic mass is 31.3. The Kier molecular flexibility index (Phi) is 16.1. The number of carbonyl (C=O) groups is 3. The van der Waals surface area contributed by atoms with Crippen LogP contribution < -0.4 is 41.2 Å². The number of likely N-dealkylation sites (N-methyl/N-ethyl adjacent to an activating group) is 2. The van der Waals surface area contributed by atoms with E-state index in [1.165, 1.54) is 10.9 Å². The summed E-state index contributed by atoms with van der Waals surface area (Å²) in [5.41, 5.74) is 14.3. The van der Waals surface area contributed by atoms with E-state index >= 15 is 0 Å². The number of nitrogens with zero attached hydrogens (tertiary/aromatic N) is 7. The Morgan fingerprint density at radius 3 is 2.36 bits per heavy atom. The number of imidazole rings is 1. The molecule has 3 aromatic carbocycles. The Hall–Kier alpha value is -6.85. The van der Waals surface area contributed by atoms with E-state index in [1.807, 2.05) is 24.3 Å². The third kappa shape index (κ3) is 11.5. The fourth-order valence-corrected chi connectivity index (χ4v) is 13.0. The van der Waals surface area contributed by atoms with E-state index in [0.717, 1.165) is 74.7 Å². The van der Waals surface area contributed by atoms with Crippen LogP contribution in [-0.2, 0) is 32.2 Å². The van der Waals surface area contributed by atoms with Crippen molar-refractivity contribution in [3.63, 3.8) is 0 Å². The molecule has 0 spiro atoms. The number of hydrogen-bond donors (Lipinski definition) is 7. The molecule has 9 rings (SSSR count). The lowest BCUT2D eigenvalue weighted by atomic mass is 9.83. The minimum atomic E-state index is -5.47. The molecule has 3 amide bonds. The SMILES string of the molecule is CCN1c2cc3c(cc2C(C)=CC1(C)C)C(c1ccccc1C(=O)N(C)CCCC(=O)NCCNC(=O)O[C@@H]1[C@H](O)[C@@H](COP(=O)(O)OP(=O)(O)O)O[C@H]1n1cnc2c(N)ncnc21)=c1cc2c(cc1O3)=[N+](CC)C(C)(C)C=C2C. The number of phosphoric acid groups is 2. The first kappa shape index (κ1) is 57.8. The Morgan fingerprint density at radius 2 is 1.64 bits per heavy atom. The number of alkyl carbamates (subject to hydrolysis) is 1. The van der Waals surface area contributed by atoms with Gasteiger partial charge >= 0.3 is 21.7 Å². The number of hydrogen-bond acceptors (Lipinski definition) is 16. The topological polar surface area (TPSA) is 316 Å². The number of aliphatic hydroxyl groups is 1. The van der Waals surface area contributed by atoms with Gasteiger partial charge in [0.15, 0.2) is 29.3 Å². The molecule has 0 aliphatic carbocycles. The first-order valence-electron chi connectivity index (χ1n) is 26.2. The number of aromatic nitrogens is 4. The molecule has 0 radical (unpaired) electrons. The van der Waals surface area contributed by atoms with Crippen LogP contribution in [0.4, 0.5) is 16.3 Å². The monoisotopic (exact) mass is 1140 g/mol. The maximum absolute atomic E-state index is 14.7. The van der Waals surface area contributed by atoms with E-state index in [0.29, 0.717) is 23.5 Å². The van der Waals surface area contributed by atoms with Crippen LogP contribution in [0, 0.1) is 0 Å². The Balaban J connectivity index is 0.872. The van der Waals surface area contributed by atoms with Gasteiger partial charge in [-0.15, -0.1) is 0 Å². The maximum Gasteiger partial charge on any atom is 0.481 e. The van der Waals surface area contributed by atoms with Crippen LogP contribution in [0.5, 0.6) is 11.5 Å². The number of nitrogens with one attached hydrogen (secondary N) is 2. The number of rotatable bonds is 18. The van der Waals surface area contributed by atoms with Crippen molar-refractivity contribution < 1.29 is 66.3 Å². The van der Waals surface area contributed by atoms with Crippen LogP contribution in [0.15, 0.2) is 73.3 Å². The number of allylic oxidation sites excluding steroid dienone is 2. The summed E-state index contributed by atoms with van der Waals surface area (Å²) < 4.78 is 53.9. The summed E-state index contributed by atoms with van der Waals surface area (Å²) in [7, 11) is -9.12. The lowest BCUT2D eigenvalue weighted by Crippen LogP contribution is -2.49. The number of fused-ring (bicyclic) bond motifs is 5. The molecule has 5 aromatic rings. The minimum Gasteiger partial charge on any atom is -0.456 e. The summed E-state index contributed by atoms with van der Waals surface area (Å²) in [5.74, 6) is 0.822. The van der Waals surface area contributed by atoms with Gasteiger partial charge in [-0.1, -0.05) is 24.3 Å². The van der Waals surface area contributed by atoms with Crippen molar-refractivity contribution in [2.24, 2.45) is 0 Å². The highest BCUT2D eigenvalue weighted by molar-refractivity contribution is 7.60. The third-order valence-corrected chi connectivity index (χ3v) is 16.9. The van der Waals surface area contributed by atoms with Crippen molar-refractivity contribution in [1.82, 2.24) is 39.6 Å². The van der Waals surface area contributed by atoms with E-state index < -0.39 is 52.9 Å². The molecule has 426 valence electrons. The van der Waals surface area contributed by atoms with Gasteiger partial charge in [-0.2, -0.15) is 4.31 Å². The number of benzene rings is 3. The lowest BCUT2D eigenvalue weighted by Gasteiger charge is -2.43. The molecule has 6 heterocycles. The minimum absolute atomic E-state index is 0.00330. The maximum atomic E-state index is 14.7. The molecule has 2 aromatic heterocycles. The summed E-state index contributed by atoms with van der Waals surface area (Å²) in [4.78, 5) is 84.9. The van der Waals surface area contributed by atoms with Gasteiger partial charge in [0, 0.05) is 98.3 Å². The second kappa shape index (κ2) is 22.2. The predicted octanol–water partition coefficient (Wildman–Crippen LogP) is 4.74. The second-order valence-corrected chi connectivity index (χ2v) is 24.0. The van der Waals surface area contributed by atoms with Crippen LogP contribution >= 0.6 is 15.6 Å². The second-order valence-electron chi connectivity index (χ2n) is 21.2. The Bertz CT molecular complexity index is 3610. The number of carbonyl (C=O) groups excluding carboxylic acids is 3. The fourth-order valence-electron chi connectivity index (χ4n) is 11.4. The van der Waals surface area contributed by atoms with Gasteiger partial charge in [0.2, 0.25) is 11.3 Å². The molecule has 1 unspecified atom stereocenters. The van der Waals surface area contributed by atoms with Gasteiger partial charge in [0.25, 0.3) is 5.91 Å². The molecule has 0 saturated carbocycles. The van der Waals surface area contributed by atoms with Gasteiger partial charge in [-0.05, 0) is 88.9 Å². The number of anilines is 2. The van der Waals surface area contributed by atoms with Gasteiger partial charge in [-0.3, -0.25) is 18.7 Å². The molecule has 1 fully saturated rings. The average Bonchev–Trinajstić information content (AvgIpc) is 3.97. The van der Waals surface area contributed by atoms with E-state index in [1.54, 1.807) is 11.9 Å². The van der Waals surface area contributed by atoms with Crippen LogP contribution in [-0.4, -0.2) is 138 Å². The van der Waals surface area contributed by atoms with E-state index in [4.69, 9.17) is 29.7 Å². The summed E-state index contributed by atoms with van der Waals surface area (Å²) in [6.45, 7) is 18.1. The zero-order chi connectivity index (χ0) is 57.8. The van der Waals surface area contributed by atoms with Crippen LogP contribution in [0.1, 0.15) is 107 Å². The molecule has 4 aliphatic heterocycles. The highest BCUT2D eigenvalue weighted by Crippen LogP contribution is 2.58. The first-order valence-corrected chi connectivity index (χ1v) is 29.2. The normalized spacial score (nSPS) is 20.5. The van der Waals surface area contributed by atoms with Gasteiger partial charge in [-0.25, -0.2) is 33.5 Å². The summed E-state index contributed by atoms with van der Waals surface area (Å²) in [5, 5.41) is 18.4. The van der Waals surface area contributed by atoms with Crippen LogP contribution in [0.3, 0.4) is 0 Å². The fraction of sp³-hybridized carbons (Fsp3) is 0.426. The largest absolute Gasteiger partial charge is 0.481 e. The standard InChI is InChI=1S/C54H66N10O14P2/c1-10-63-38-23-40-36(21-34(38)30(3)25-53(63,5)6)44(37-22-35-31(4)26-54(7,8)64(11-2)39(35)24-41(37)75-40)32-15-12-13-16-33(32)50(67)61(9)20-14-17-43(65)56-18-19-57-52(68)77-47-46(66)42(27-74-80(72,73)78-79(69,70)71)76-51(47)62-29-60-45-48(55)58-28-59-49(45)62/h12-13,15-16,21-26,28-29,42,46-47,51,66H,10-11,14,17-20,27H2,1-9H3,(H6-,55,56,57,58,59,65,68,69,70,71,72,73)/p+1/t42-,46-,47-,51-/m1/s1. The van der Waals surface area contributed by atoms with E-state index in [2.05, 4.69) is 136 Å². The number of ether oxygens (including phenoxy) is 3. The molecule has 5 atom stereocenters. The van der Waals surface area contributed by atoms with Gasteiger partial charge in [0.05, 0.1) is 24.5 Å². The van der Waals surface area contributed by atoms with Crippen LogP contribution in [0.25, 0.3) is 27.9 Å². The first-order chi connectivity index (χ1) is 37.7. The average molecular weight is 1140 g/mol. The van der Waals surface area contributed by atoms with Crippen molar-refractivity contribution in [3.05, 3.63) is 112 Å². The molecular formula is C54H67N10O14P2+. The number of amides is 3. The number of nitrogen functional groups attached to an aromatic ring is 1. The zero-order valence-electron chi connectivity index (χ0n) is 45.9. The highest BCUT2D eigenvalue weighted by Gasteiger charge is 2.49. The molecular weight excluding hydrogens is 1070 g/mol. The molecule has 4 aliphatic rings. The van der Waals surface area contributed by atoms with Crippen molar-refractivity contribution in [2.45, 2.75) is 104 Å². The molecule has 8 N–H and O–H groups in total. The number of nitrogens with two attached hydrogens (primary N) is 1. The lowest BCUT2D eigenvalue weighted by molar-refractivity contribution is -0.121. The zero-order valence-corrected chi connectivity index (χ0v) is 47.7. The number of aliphatic hydroxyl groups excluding tert-OH is 1. The van der Waals surface area contributed by atoms with Crippen molar-refractivity contribution >= 4 is 72.9 Å². The Labute approximate surface area is 461 Å². The Morgan fingerprint density at radius 1 is 0.912 bits per heavy atom. The molecule has 26 heteroatoms. The molecule has 24 nitrogen and oxygen atoms in total. The molecule has 80 heavy (non-hydrogen) atoms.